The summed E-state index contributed by atoms with van der Waals surface area (Å²) in [6.45, 7) is 6.16. The van der Waals surface area contributed by atoms with Gasteiger partial charge in [0.25, 0.3) is 0 Å². The molecule has 18 heavy (non-hydrogen) atoms. The average Bonchev–Trinajstić information content (AvgIpc) is 2.56. The van der Waals surface area contributed by atoms with Crippen LogP contribution in [0.25, 0.3) is 0 Å². The molecule has 0 saturated heterocycles. The molecule has 1 fully saturated rings. The Kier molecular flexibility index (Phi) is 5.34. The van der Waals surface area contributed by atoms with Crippen molar-refractivity contribution in [2.45, 2.75) is 45.8 Å². The van der Waals surface area contributed by atoms with Crippen LogP contribution in [0.15, 0.2) is 11.8 Å². The Bertz CT molecular complexity index is 339. The molecule has 4 N–H and O–H groups in total. The first-order valence-electron chi connectivity index (χ1n) is 6.39. The number of aliphatic hydroxyl groups is 1. The summed E-state index contributed by atoms with van der Waals surface area (Å²) in [7, 11) is 0. The van der Waals surface area contributed by atoms with Gasteiger partial charge in [0, 0.05) is 17.7 Å². The lowest BCUT2D eigenvalue weighted by Gasteiger charge is -2.23. The largest absolute Gasteiger partial charge is 0.393 e. The highest BCUT2D eigenvalue weighted by atomic mass is 16.3. The highest BCUT2D eigenvalue weighted by Crippen LogP contribution is 2.35. The first kappa shape index (κ1) is 14.7. The molecular formula is C13H23N3O2. The Morgan fingerprint density at radius 1 is 1.44 bits per heavy atom. The van der Waals surface area contributed by atoms with Crippen molar-refractivity contribution >= 4 is 12.2 Å². The first-order chi connectivity index (χ1) is 8.43. The van der Waals surface area contributed by atoms with Crippen LogP contribution in [-0.2, 0) is 4.79 Å². The smallest absolute Gasteiger partial charge is 0.212 e. The monoisotopic (exact) mass is 253 g/mol. The molecule has 102 valence electrons. The summed E-state index contributed by atoms with van der Waals surface area (Å²) in [4.78, 5) is 10.3. The van der Waals surface area contributed by atoms with Crippen molar-refractivity contribution in [3.8, 4) is 0 Å². The van der Waals surface area contributed by atoms with Gasteiger partial charge in [-0.05, 0) is 38.7 Å². The van der Waals surface area contributed by atoms with E-state index in [1.807, 2.05) is 13.8 Å². The summed E-state index contributed by atoms with van der Waals surface area (Å²) in [6.07, 6.45) is 3.37. The summed E-state index contributed by atoms with van der Waals surface area (Å²) >= 11 is 0. The van der Waals surface area contributed by atoms with Gasteiger partial charge in [-0.15, -0.1) is 0 Å². The lowest BCUT2D eigenvalue weighted by atomic mass is 9.93. The van der Waals surface area contributed by atoms with Crippen molar-refractivity contribution < 1.29 is 9.90 Å². The second-order valence-corrected chi connectivity index (χ2v) is 5.28. The molecule has 0 aromatic carbocycles. The number of hydrogen-bond acceptors (Lipinski definition) is 4. The standard InChI is InChI=1S/C13H23N3O2/c1-8(2)16-12(6-13(14)15-7-17)11-5-10(18)4-9(11)3/h6-11,16,18H,4-5H2,1-3H3,(H2,14,15,17)/b12-6-. The summed E-state index contributed by atoms with van der Waals surface area (Å²) in [5.41, 5.74) is 0.924. The second-order valence-electron chi connectivity index (χ2n) is 5.28. The quantitative estimate of drug-likeness (QED) is 0.335. The van der Waals surface area contributed by atoms with Gasteiger partial charge in [-0.1, -0.05) is 6.92 Å². The van der Waals surface area contributed by atoms with Gasteiger partial charge < -0.3 is 15.7 Å². The van der Waals surface area contributed by atoms with E-state index in [0.29, 0.717) is 18.7 Å². The molecular weight excluding hydrogens is 230 g/mol. The molecule has 3 unspecified atom stereocenters. The van der Waals surface area contributed by atoms with Gasteiger partial charge in [-0.25, -0.2) is 0 Å². The van der Waals surface area contributed by atoms with Crippen molar-refractivity contribution in [1.29, 1.82) is 5.41 Å². The average molecular weight is 253 g/mol. The zero-order chi connectivity index (χ0) is 13.7. The van der Waals surface area contributed by atoms with Gasteiger partial charge in [0.2, 0.25) is 6.41 Å². The fourth-order valence-corrected chi connectivity index (χ4v) is 2.50. The van der Waals surface area contributed by atoms with E-state index in [-0.39, 0.29) is 23.9 Å². The van der Waals surface area contributed by atoms with E-state index in [0.717, 1.165) is 12.1 Å². The van der Waals surface area contributed by atoms with Crippen LogP contribution in [-0.4, -0.2) is 29.5 Å². The zero-order valence-electron chi connectivity index (χ0n) is 11.2. The second kappa shape index (κ2) is 6.54. The van der Waals surface area contributed by atoms with Crippen LogP contribution in [0.1, 0.15) is 33.6 Å². The number of carbonyl (C=O) groups is 1. The number of carbonyl (C=O) groups excluding carboxylic acids is 1. The van der Waals surface area contributed by atoms with Crippen LogP contribution < -0.4 is 10.6 Å². The molecule has 0 aromatic heterocycles. The number of nitrogens with one attached hydrogen (secondary N) is 3. The minimum absolute atomic E-state index is 0.0711. The Hall–Kier alpha value is -1.36. The molecule has 0 aromatic rings. The van der Waals surface area contributed by atoms with Gasteiger partial charge in [0.1, 0.15) is 5.84 Å². The topological polar surface area (TPSA) is 85.2 Å². The molecule has 0 spiro atoms. The third kappa shape index (κ3) is 4.14. The number of aliphatic hydroxyl groups excluding tert-OH is 1. The molecule has 0 aliphatic heterocycles. The maximum absolute atomic E-state index is 10.3. The van der Waals surface area contributed by atoms with Crippen molar-refractivity contribution in [1.82, 2.24) is 10.6 Å². The molecule has 0 radical (unpaired) electrons. The third-order valence-electron chi connectivity index (χ3n) is 3.23. The maximum atomic E-state index is 10.3. The molecule has 5 heteroatoms. The Labute approximate surface area is 108 Å². The fraction of sp³-hybridized carbons (Fsp3) is 0.692. The van der Waals surface area contributed by atoms with Crippen LogP contribution in [0.2, 0.25) is 0 Å². The normalized spacial score (nSPS) is 28.3. The third-order valence-corrected chi connectivity index (χ3v) is 3.23. The van der Waals surface area contributed by atoms with Crippen LogP contribution in [0.3, 0.4) is 0 Å². The van der Waals surface area contributed by atoms with Crippen LogP contribution in [0.5, 0.6) is 0 Å². The molecule has 3 atom stereocenters. The van der Waals surface area contributed by atoms with Gasteiger partial charge in [0.05, 0.1) is 6.10 Å². The van der Waals surface area contributed by atoms with Gasteiger partial charge in [0.15, 0.2) is 0 Å². The molecule has 1 aliphatic carbocycles. The Morgan fingerprint density at radius 2 is 2.11 bits per heavy atom. The summed E-state index contributed by atoms with van der Waals surface area (Å²) in [6, 6.07) is 0.255. The lowest BCUT2D eigenvalue weighted by molar-refractivity contribution is -0.108. The number of amides is 1. The van der Waals surface area contributed by atoms with Gasteiger partial charge in [-0.2, -0.15) is 0 Å². The van der Waals surface area contributed by atoms with Crippen LogP contribution in [0.4, 0.5) is 0 Å². The van der Waals surface area contributed by atoms with Crippen LogP contribution >= 0.6 is 0 Å². The number of hydrogen-bond donors (Lipinski definition) is 4. The van der Waals surface area contributed by atoms with Crippen LogP contribution in [0, 0.1) is 17.2 Å². The molecule has 0 heterocycles. The van der Waals surface area contributed by atoms with E-state index in [4.69, 9.17) is 5.41 Å². The highest BCUT2D eigenvalue weighted by molar-refractivity contribution is 5.97. The predicted molar refractivity (Wildman–Crippen MR) is 71.2 cm³/mol. The van der Waals surface area contributed by atoms with E-state index >= 15 is 0 Å². The van der Waals surface area contributed by atoms with Crippen molar-refractivity contribution in [3.63, 3.8) is 0 Å². The summed E-state index contributed by atoms with van der Waals surface area (Å²) in [5.74, 6) is 0.666. The molecule has 1 saturated carbocycles. The predicted octanol–water partition coefficient (Wildman–Crippen LogP) is 0.999. The first-order valence-corrected chi connectivity index (χ1v) is 6.39. The number of amidine groups is 1. The Morgan fingerprint density at radius 3 is 2.56 bits per heavy atom. The molecule has 1 rings (SSSR count). The summed E-state index contributed by atoms with van der Waals surface area (Å²) < 4.78 is 0. The zero-order valence-corrected chi connectivity index (χ0v) is 11.2. The Balaban J connectivity index is 2.84. The summed E-state index contributed by atoms with van der Waals surface area (Å²) in [5, 5.41) is 23.0. The van der Waals surface area contributed by atoms with E-state index in [2.05, 4.69) is 17.6 Å². The molecule has 0 bridgehead atoms. The van der Waals surface area contributed by atoms with Crippen molar-refractivity contribution in [2.24, 2.45) is 11.8 Å². The van der Waals surface area contributed by atoms with Gasteiger partial charge >= 0.3 is 0 Å². The lowest BCUT2D eigenvalue weighted by Crippen LogP contribution is -2.30. The van der Waals surface area contributed by atoms with Crippen molar-refractivity contribution in [3.05, 3.63) is 11.8 Å². The highest BCUT2D eigenvalue weighted by Gasteiger charge is 2.32. The molecule has 1 amide bonds. The minimum Gasteiger partial charge on any atom is -0.393 e. The minimum atomic E-state index is -0.268. The number of rotatable bonds is 5. The SMILES string of the molecule is CC(C)N/C(=C\C(=N)NC=O)C1CC(O)CC1C. The fourth-order valence-electron chi connectivity index (χ4n) is 2.50. The van der Waals surface area contributed by atoms with Gasteiger partial charge in [-0.3, -0.25) is 10.2 Å². The molecule has 5 nitrogen and oxygen atoms in total. The molecule has 1 aliphatic rings. The van der Waals surface area contributed by atoms with Crippen molar-refractivity contribution in [2.75, 3.05) is 0 Å². The number of allylic oxidation sites excluding steroid dienone is 1. The van der Waals surface area contributed by atoms with E-state index < -0.39 is 0 Å². The van der Waals surface area contributed by atoms with E-state index in [1.54, 1.807) is 6.08 Å². The van der Waals surface area contributed by atoms with E-state index in [1.165, 1.54) is 0 Å². The van der Waals surface area contributed by atoms with E-state index in [9.17, 15) is 9.90 Å². The maximum Gasteiger partial charge on any atom is 0.212 e.